The van der Waals surface area contributed by atoms with Crippen molar-refractivity contribution in [1.29, 1.82) is 0 Å². The zero-order valence-corrected chi connectivity index (χ0v) is 20.4. The monoisotopic (exact) mass is 477 g/mol. The second-order valence-corrected chi connectivity index (χ2v) is 11.4. The summed E-state index contributed by atoms with van der Waals surface area (Å²) < 4.78 is 29.4. The molecule has 1 amide bonds. The molecule has 0 radical (unpaired) electrons. The lowest BCUT2D eigenvalue weighted by Crippen LogP contribution is -2.40. The Labute approximate surface area is 194 Å². The number of nitrogens with zero attached hydrogens (tertiary/aromatic N) is 5. The minimum atomic E-state index is -3.50. The number of amides is 1. The first-order valence-corrected chi connectivity index (χ1v) is 13.8. The van der Waals surface area contributed by atoms with E-state index < -0.39 is 10.0 Å². The summed E-state index contributed by atoms with van der Waals surface area (Å²) in [6.07, 6.45) is 4.04. The first kappa shape index (κ1) is 23.3. The van der Waals surface area contributed by atoms with Crippen molar-refractivity contribution in [3.63, 3.8) is 0 Å². The smallest absolute Gasteiger partial charge is 0.243 e. The van der Waals surface area contributed by atoms with Gasteiger partial charge in [0, 0.05) is 38.3 Å². The van der Waals surface area contributed by atoms with Gasteiger partial charge in [0.25, 0.3) is 0 Å². The number of thioether (sulfide) groups is 1. The molecule has 0 spiro atoms. The van der Waals surface area contributed by atoms with Crippen LogP contribution in [0.15, 0.2) is 34.3 Å². The van der Waals surface area contributed by atoms with E-state index in [0.717, 1.165) is 32.4 Å². The second-order valence-electron chi connectivity index (χ2n) is 8.57. The van der Waals surface area contributed by atoms with E-state index in [9.17, 15) is 13.2 Å². The molecule has 1 unspecified atom stereocenters. The third kappa shape index (κ3) is 4.87. The molecule has 2 aromatic rings. The van der Waals surface area contributed by atoms with Gasteiger partial charge in [0.15, 0.2) is 11.0 Å². The molecule has 0 saturated carbocycles. The maximum Gasteiger partial charge on any atom is 0.243 e. The molecule has 1 aromatic heterocycles. The number of carbonyl (C=O) groups excluding carboxylic acids is 1. The van der Waals surface area contributed by atoms with Crippen molar-refractivity contribution in [3.05, 3.63) is 24.3 Å². The minimum absolute atomic E-state index is 0.132. The molecule has 174 valence electrons. The van der Waals surface area contributed by atoms with E-state index in [2.05, 4.69) is 17.1 Å². The summed E-state index contributed by atoms with van der Waals surface area (Å²) in [5.41, 5.74) is 0.711. The number of benzene rings is 1. The summed E-state index contributed by atoms with van der Waals surface area (Å²) in [5, 5.41) is 9.32. The van der Waals surface area contributed by atoms with Gasteiger partial charge in [0.1, 0.15) is 0 Å². The van der Waals surface area contributed by atoms with Crippen molar-refractivity contribution in [2.75, 3.05) is 31.9 Å². The molecule has 2 fully saturated rings. The maximum atomic E-state index is 13.0. The zero-order chi connectivity index (χ0) is 22.7. The highest BCUT2D eigenvalue weighted by molar-refractivity contribution is 7.99. The molecule has 3 heterocycles. The topological polar surface area (TPSA) is 88.4 Å². The van der Waals surface area contributed by atoms with Crippen LogP contribution in [0.4, 0.5) is 0 Å². The summed E-state index contributed by atoms with van der Waals surface area (Å²) >= 11 is 1.39. The van der Waals surface area contributed by atoms with Crippen LogP contribution in [0.1, 0.15) is 39.5 Å². The molecular formula is C22H31N5O3S2. The highest BCUT2D eigenvalue weighted by Gasteiger charge is 2.28. The number of sulfonamides is 1. The van der Waals surface area contributed by atoms with Crippen LogP contribution in [0.2, 0.25) is 0 Å². The number of carbonyl (C=O) groups is 1. The van der Waals surface area contributed by atoms with Gasteiger partial charge in [-0.3, -0.25) is 4.79 Å². The van der Waals surface area contributed by atoms with Gasteiger partial charge in [-0.1, -0.05) is 30.8 Å². The number of hydrogen-bond donors (Lipinski definition) is 0. The maximum absolute atomic E-state index is 13.0. The Bertz CT molecular complexity index is 1060. The highest BCUT2D eigenvalue weighted by Crippen LogP contribution is 2.28. The molecule has 32 heavy (non-hydrogen) atoms. The van der Waals surface area contributed by atoms with E-state index in [1.165, 1.54) is 18.2 Å². The van der Waals surface area contributed by atoms with Gasteiger partial charge in [0.05, 0.1) is 10.6 Å². The fraction of sp³-hybridized carbons (Fsp3) is 0.591. The molecular weight excluding hydrogens is 446 g/mol. The van der Waals surface area contributed by atoms with Gasteiger partial charge < -0.3 is 9.47 Å². The van der Waals surface area contributed by atoms with E-state index in [4.69, 9.17) is 0 Å². The average Bonchev–Trinajstić information content (AvgIpc) is 3.48. The van der Waals surface area contributed by atoms with Crippen LogP contribution in [0.25, 0.3) is 11.4 Å². The summed E-state index contributed by atoms with van der Waals surface area (Å²) in [6, 6.07) is 6.92. The van der Waals surface area contributed by atoms with Crippen molar-refractivity contribution in [3.8, 4) is 11.4 Å². The highest BCUT2D eigenvalue weighted by atomic mass is 32.2. The van der Waals surface area contributed by atoms with Crippen LogP contribution in [0.5, 0.6) is 0 Å². The first-order chi connectivity index (χ1) is 15.4. The molecule has 0 bridgehead atoms. The van der Waals surface area contributed by atoms with E-state index in [1.807, 2.05) is 22.5 Å². The van der Waals surface area contributed by atoms with Crippen LogP contribution in [0, 0.1) is 5.92 Å². The predicted octanol–water partition coefficient (Wildman–Crippen LogP) is 3.10. The quantitative estimate of drug-likeness (QED) is 0.570. The Hall–Kier alpha value is -1.91. The Morgan fingerprint density at radius 1 is 1.16 bits per heavy atom. The van der Waals surface area contributed by atoms with Gasteiger partial charge in [-0.25, -0.2) is 8.42 Å². The number of piperidine rings is 1. The Morgan fingerprint density at radius 2 is 1.94 bits per heavy atom. The van der Waals surface area contributed by atoms with Crippen LogP contribution < -0.4 is 0 Å². The molecule has 1 aromatic carbocycles. The summed E-state index contributed by atoms with van der Waals surface area (Å²) in [7, 11) is -3.50. The van der Waals surface area contributed by atoms with Gasteiger partial charge in [-0.05, 0) is 50.7 Å². The third-order valence-corrected chi connectivity index (χ3v) is 9.01. The molecule has 8 nitrogen and oxygen atoms in total. The van der Waals surface area contributed by atoms with Crippen LogP contribution in [-0.2, 0) is 21.4 Å². The van der Waals surface area contributed by atoms with E-state index in [-0.39, 0.29) is 10.8 Å². The molecule has 2 aliphatic heterocycles. The Kier molecular flexibility index (Phi) is 7.21. The van der Waals surface area contributed by atoms with E-state index >= 15 is 0 Å². The summed E-state index contributed by atoms with van der Waals surface area (Å²) in [4.78, 5) is 14.9. The molecule has 2 saturated heterocycles. The Morgan fingerprint density at radius 3 is 2.66 bits per heavy atom. The molecule has 2 aliphatic rings. The molecule has 0 aliphatic carbocycles. The van der Waals surface area contributed by atoms with E-state index in [1.54, 1.807) is 22.5 Å². The standard InChI is InChI=1S/C22H31N5O3S2/c1-3-27-21(18-9-6-10-19(14-18)32(29,30)26-12-4-5-13-26)23-24-22(27)31-16-20(28)25-11-7-8-17(2)15-25/h6,9-10,14,17H,3-5,7-8,11-13,15-16H2,1-2H3. The lowest BCUT2D eigenvalue weighted by Gasteiger charge is -2.30. The first-order valence-electron chi connectivity index (χ1n) is 11.3. The van der Waals surface area contributed by atoms with Crippen molar-refractivity contribution in [1.82, 2.24) is 24.0 Å². The summed E-state index contributed by atoms with van der Waals surface area (Å²) in [6.45, 7) is 7.60. The lowest BCUT2D eigenvalue weighted by atomic mass is 10.0. The van der Waals surface area contributed by atoms with Crippen molar-refractivity contribution in [2.45, 2.75) is 56.1 Å². The third-order valence-electron chi connectivity index (χ3n) is 6.16. The largest absolute Gasteiger partial charge is 0.342 e. The second kappa shape index (κ2) is 9.93. The molecule has 1 atom stereocenters. The van der Waals surface area contributed by atoms with Crippen molar-refractivity contribution in [2.24, 2.45) is 5.92 Å². The molecule has 0 N–H and O–H groups in total. The summed E-state index contributed by atoms with van der Waals surface area (Å²) in [5.74, 6) is 1.63. The van der Waals surface area contributed by atoms with Gasteiger partial charge >= 0.3 is 0 Å². The predicted molar refractivity (Wildman–Crippen MR) is 125 cm³/mol. The normalized spacial score (nSPS) is 20.1. The minimum Gasteiger partial charge on any atom is -0.342 e. The van der Waals surface area contributed by atoms with Crippen LogP contribution >= 0.6 is 11.8 Å². The van der Waals surface area contributed by atoms with E-state index in [0.29, 0.717) is 47.8 Å². The van der Waals surface area contributed by atoms with Crippen molar-refractivity contribution >= 4 is 27.7 Å². The fourth-order valence-corrected chi connectivity index (χ4v) is 6.87. The number of rotatable bonds is 7. The fourth-order valence-electron chi connectivity index (χ4n) is 4.40. The van der Waals surface area contributed by atoms with Crippen LogP contribution in [0.3, 0.4) is 0 Å². The number of hydrogen-bond acceptors (Lipinski definition) is 6. The number of aromatic nitrogens is 3. The van der Waals surface area contributed by atoms with Crippen LogP contribution in [-0.4, -0.2) is 70.2 Å². The molecule has 4 rings (SSSR count). The zero-order valence-electron chi connectivity index (χ0n) is 18.7. The van der Waals surface area contributed by atoms with Gasteiger partial charge in [-0.15, -0.1) is 10.2 Å². The Balaban J connectivity index is 1.51. The van der Waals surface area contributed by atoms with Gasteiger partial charge in [-0.2, -0.15) is 4.31 Å². The number of likely N-dealkylation sites (tertiary alicyclic amines) is 1. The van der Waals surface area contributed by atoms with Crippen molar-refractivity contribution < 1.29 is 13.2 Å². The molecule has 10 heteroatoms. The SMILES string of the molecule is CCn1c(SCC(=O)N2CCCC(C)C2)nnc1-c1cccc(S(=O)(=O)N2CCCC2)c1. The lowest BCUT2D eigenvalue weighted by molar-refractivity contribution is -0.130. The average molecular weight is 478 g/mol. The van der Waals surface area contributed by atoms with Gasteiger partial charge in [0.2, 0.25) is 15.9 Å².